The van der Waals surface area contributed by atoms with Gasteiger partial charge < -0.3 is 4.52 Å². The van der Waals surface area contributed by atoms with Crippen molar-refractivity contribution in [3.8, 4) is 0 Å². The first-order valence-electron chi connectivity index (χ1n) is 3.25. The second-order valence-electron chi connectivity index (χ2n) is 2.94. The first-order valence-corrected chi connectivity index (χ1v) is 3.25. The number of aromatic nitrogens is 1. The predicted octanol–water partition coefficient (Wildman–Crippen LogP) is 2.31. The molecule has 12 heavy (non-hydrogen) atoms. The van der Waals surface area contributed by atoms with E-state index in [0.29, 0.717) is 0 Å². The summed E-state index contributed by atoms with van der Waals surface area (Å²) in [6.07, 6.45) is -2.14. The summed E-state index contributed by atoms with van der Waals surface area (Å²) in [6, 6.07) is 1.09. The number of hydrogen-bond donors (Lipinski definition) is 0. The molecule has 0 spiro atoms. The summed E-state index contributed by atoms with van der Waals surface area (Å²) in [5.74, 6) is -0.227. The van der Waals surface area contributed by atoms with Gasteiger partial charge in [-0.15, -0.1) is 0 Å². The van der Waals surface area contributed by atoms with E-state index in [9.17, 15) is 13.2 Å². The molecule has 0 saturated carbocycles. The van der Waals surface area contributed by atoms with Crippen LogP contribution in [0, 0.1) is 6.20 Å². The molecule has 0 atom stereocenters. The van der Waals surface area contributed by atoms with Gasteiger partial charge in [-0.05, 0) is 13.8 Å². The number of nitrogens with zero attached hydrogens (tertiary/aromatic N) is 1. The van der Waals surface area contributed by atoms with E-state index in [4.69, 9.17) is 0 Å². The summed E-state index contributed by atoms with van der Waals surface area (Å²) in [6.45, 7) is 2.06. The first-order chi connectivity index (χ1) is 5.36. The Labute approximate surface area is 67.4 Å². The standard InChI is InChI=1S/C7H7F3NO/c1-6(2,7(8,9)10)5-3-4-11-12-5/h3H,1-2H3. The molecule has 0 saturated heterocycles. The molecule has 0 aromatic carbocycles. The van der Waals surface area contributed by atoms with Crippen molar-refractivity contribution in [1.82, 2.24) is 5.16 Å². The van der Waals surface area contributed by atoms with E-state index in [1.165, 1.54) is 0 Å². The lowest BCUT2D eigenvalue weighted by atomic mass is 9.90. The zero-order chi connectivity index (χ0) is 9.41. The lowest BCUT2D eigenvalue weighted by Gasteiger charge is -2.24. The van der Waals surface area contributed by atoms with Crippen molar-refractivity contribution < 1.29 is 17.7 Å². The molecule has 1 aromatic heterocycles. The first kappa shape index (κ1) is 9.09. The van der Waals surface area contributed by atoms with Gasteiger partial charge in [-0.2, -0.15) is 13.2 Å². The maximum atomic E-state index is 12.3. The van der Waals surface area contributed by atoms with E-state index in [0.717, 1.165) is 19.9 Å². The topological polar surface area (TPSA) is 26.0 Å². The van der Waals surface area contributed by atoms with Gasteiger partial charge in [-0.3, -0.25) is 0 Å². The maximum absolute atomic E-state index is 12.3. The van der Waals surface area contributed by atoms with Crippen molar-refractivity contribution in [2.45, 2.75) is 25.4 Å². The Morgan fingerprint density at radius 1 is 1.42 bits per heavy atom. The summed E-state index contributed by atoms with van der Waals surface area (Å²) in [7, 11) is 0. The van der Waals surface area contributed by atoms with E-state index < -0.39 is 11.6 Å². The Balaban J connectivity index is 3.02. The molecule has 1 rings (SSSR count). The third-order valence-electron chi connectivity index (χ3n) is 1.72. The molecule has 1 heterocycles. The van der Waals surface area contributed by atoms with Gasteiger partial charge in [-0.25, -0.2) is 0 Å². The molecule has 5 heteroatoms. The van der Waals surface area contributed by atoms with Gasteiger partial charge in [0.2, 0.25) is 0 Å². The summed E-state index contributed by atoms with van der Waals surface area (Å²) in [5, 5.41) is 3.10. The van der Waals surface area contributed by atoms with Crippen LogP contribution < -0.4 is 0 Å². The van der Waals surface area contributed by atoms with E-state index in [1.54, 1.807) is 0 Å². The quantitative estimate of drug-likeness (QED) is 0.659. The highest BCUT2D eigenvalue weighted by Crippen LogP contribution is 2.39. The largest absolute Gasteiger partial charge is 0.401 e. The molecule has 0 unspecified atom stereocenters. The molecule has 0 amide bonds. The van der Waals surface area contributed by atoms with Crippen molar-refractivity contribution >= 4 is 0 Å². The van der Waals surface area contributed by atoms with E-state index in [-0.39, 0.29) is 5.76 Å². The van der Waals surface area contributed by atoms with Crippen molar-refractivity contribution in [3.63, 3.8) is 0 Å². The van der Waals surface area contributed by atoms with E-state index in [1.807, 2.05) is 0 Å². The molecular formula is C7H7F3NO. The molecule has 0 fully saturated rings. The van der Waals surface area contributed by atoms with Crippen molar-refractivity contribution in [3.05, 3.63) is 18.0 Å². The van der Waals surface area contributed by atoms with Crippen molar-refractivity contribution in [2.24, 2.45) is 0 Å². The summed E-state index contributed by atoms with van der Waals surface area (Å²) in [5.41, 5.74) is -2.00. The SMILES string of the molecule is CC(C)(c1c[c]no1)C(F)(F)F. The van der Waals surface area contributed by atoms with Gasteiger partial charge in [-0.1, -0.05) is 5.16 Å². The van der Waals surface area contributed by atoms with Gasteiger partial charge in [0.05, 0.1) is 0 Å². The third-order valence-corrected chi connectivity index (χ3v) is 1.72. The minimum atomic E-state index is -4.33. The molecule has 1 aromatic rings. The second kappa shape index (κ2) is 2.50. The Kier molecular flexibility index (Phi) is 1.89. The molecule has 0 bridgehead atoms. The molecule has 0 aliphatic heterocycles. The van der Waals surface area contributed by atoms with Crippen molar-refractivity contribution in [1.29, 1.82) is 0 Å². The minimum absolute atomic E-state index is 0.227. The highest BCUT2D eigenvalue weighted by Gasteiger charge is 2.51. The molecule has 67 valence electrons. The highest BCUT2D eigenvalue weighted by molar-refractivity contribution is 5.10. The minimum Gasteiger partial charge on any atom is -0.360 e. The molecule has 0 aliphatic carbocycles. The average Bonchev–Trinajstić information content (AvgIpc) is 2.34. The van der Waals surface area contributed by atoms with Crippen LogP contribution in [0.4, 0.5) is 13.2 Å². The molecule has 0 N–H and O–H groups in total. The zero-order valence-corrected chi connectivity index (χ0v) is 6.57. The second-order valence-corrected chi connectivity index (χ2v) is 2.94. The van der Waals surface area contributed by atoms with Gasteiger partial charge in [0.25, 0.3) is 0 Å². The van der Waals surface area contributed by atoms with Crippen LogP contribution in [0.5, 0.6) is 0 Å². The normalized spacial score (nSPS) is 13.4. The van der Waals surface area contributed by atoms with Crippen LogP contribution in [0.2, 0.25) is 0 Å². The van der Waals surface area contributed by atoms with Crippen LogP contribution in [-0.2, 0) is 5.41 Å². The van der Waals surface area contributed by atoms with E-state index >= 15 is 0 Å². The number of rotatable bonds is 1. The van der Waals surface area contributed by atoms with Crippen molar-refractivity contribution in [2.75, 3.05) is 0 Å². The summed E-state index contributed by atoms with van der Waals surface area (Å²) < 4.78 is 41.3. The van der Waals surface area contributed by atoms with Crippen LogP contribution in [0.3, 0.4) is 0 Å². The summed E-state index contributed by atoms with van der Waals surface area (Å²) in [4.78, 5) is 0. The maximum Gasteiger partial charge on any atom is 0.401 e. The monoisotopic (exact) mass is 178 g/mol. The molecule has 2 nitrogen and oxygen atoms in total. The fourth-order valence-electron chi connectivity index (χ4n) is 0.621. The smallest absolute Gasteiger partial charge is 0.360 e. The Morgan fingerprint density at radius 3 is 2.33 bits per heavy atom. The fourth-order valence-corrected chi connectivity index (χ4v) is 0.621. The van der Waals surface area contributed by atoms with Crippen LogP contribution in [0.1, 0.15) is 19.6 Å². The van der Waals surface area contributed by atoms with E-state index in [2.05, 4.69) is 15.9 Å². The lowest BCUT2D eigenvalue weighted by Crippen LogP contribution is -2.35. The number of halogens is 3. The number of hydrogen-bond acceptors (Lipinski definition) is 2. The van der Waals surface area contributed by atoms with Crippen LogP contribution in [0.15, 0.2) is 10.6 Å². The van der Waals surface area contributed by atoms with Gasteiger partial charge >= 0.3 is 6.18 Å². The van der Waals surface area contributed by atoms with Crippen LogP contribution in [-0.4, -0.2) is 11.3 Å². The Hall–Kier alpha value is -1.00. The Morgan fingerprint density at radius 2 is 2.00 bits per heavy atom. The van der Waals surface area contributed by atoms with Gasteiger partial charge in [0.15, 0.2) is 5.76 Å². The number of alkyl halides is 3. The fraction of sp³-hybridized carbons (Fsp3) is 0.571. The third kappa shape index (κ3) is 1.31. The Bertz CT molecular complexity index is 250. The van der Waals surface area contributed by atoms with Crippen LogP contribution >= 0.6 is 0 Å². The van der Waals surface area contributed by atoms with Gasteiger partial charge in [0, 0.05) is 6.07 Å². The lowest BCUT2D eigenvalue weighted by molar-refractivity contribution is -0.185. The molecule has 0 aliphatic rings. The molecular weight excluding hydrogens is 171 g/mol. The van der Waals surface area contributed by atoms with Crippen LogP contribution in [0.25, 0.3) is 0 Å². The zero-order valence-electron chi connectivity index (χ0n) is 6.57. The highest BCUT2D eigenvalue weighted by atomic mass is 19.4. The average molecular weight is 178 g/mol. The molecule has 1 radical (unpaired) electrons. The van der Waals surface area contributed by atoms with Gasteiger partial charge in [0.1, 0.15) is 11.6 Å². The predicted molar refractivity (Wildman–Crippen MR) is 34.4 cm³/mol. The summed E-state index contributed by atoms with van der Waals surface area (Å²) >= 11 is 0.